The van der Waals surface area contributed by atoms with Gasteiger partial charge in [-0.25, -0.2) is 0 Å². The summed E-state index contributed by atoms with van der Waals surface area (Å²) in [5.74, 6) is 0. The van der Waals surface area contributed by atoms with Gasteiger partial charge in [0.25, 0.3) is 0 Å². The molecule has 1 nitrogen and oxygen atoms in total. The fourth-order valence-electron chi connectivity index (χ4n) is 4.36. The van der Waals surface area contributed by atoms with Crippen LogP contribution in [0.25, 0.3) is 11.1 Å². The van der Waals surface area contributed by atoms with Gasteiger partial charge in [0.1, 0.15) is 0 Å². The first-order valence-electron chi connectivity index (χ1n) is 9.58. The normalized spacial score (nSPS) is 17.8. The SMILES string of the molecule is CCC1(NCc2cccc(C)c2)c2c(-c3ccccc3)cc(C)c(C)c21. The first kappa shape index (κ1) is 17.1. The molecule has 3 aromatic rings. The second kappa shape index (κ2) is 6.41. The van der Waals surface area contributed by atoms with E-state index in [0.717, 1.165) is 13.0 Å². The molecule has 0 bridgehead atoms. The van der Waals surface area contributed by atoms with E-state index in [9.17, 15) is 0 Å². The average Bonchev–Trinajstić information content (AvgIpc) is 3.33. The molecule has 0 aliphatic heterocycles. The van der Waals surface area contributed by atoms with Crippen LogP contribution in [-0.4, -0.2) is 0 Å². The van der Waals surface area contributed by atoms with E-state index in [0.29, 0.717) is 0 Å². The van der Waals surface area contributed by atoms with Crippen molar-refractivity contribution in [2.75, 3.05) is 0 Å². The maximum absolute atomic E-state index is 3.91. The molecule has 4 rings (SSSR count). The summed E-state index contributed by atoms with van der Waals surface area (Å²) in [5, 5.41) is 3.91. The van der Waals surface area contributed by atoms with Crippen LogP contribution in [0, 0.1) is 20.8 Å². The Balaban J connectivity index is 1.73. The topological polar surface area (TPSA) is 12.0 Å². The Kier molecular flexibility index (Phi) is 4.20. The summed E-state index contributed by atoms with van der Waals surface area (Å²) in [7, 11) is 0. The highest BCUT2D eigenvalue weighted by molar-refractivity contribution is 5.82. The van der Waals surface area contributed by atoms with Gasteiger partial charge in [-0.1, -0.05) is 73.2 Å². The minimum Gasteiger partial charge on any atom is -0.300 e. The molecular weight excluding hydrogens is 314 g/mol. The van der Waals surface area contributed by atoms with Crippen molar-refractivity contribution in [2.45, 2.75) is 46.2 Å². The Morgan fingerprint density at radius 3 is 2.31 bits per heavy atom. The van der Waals surface area contributed by atoms with E-state index < -0.39 is 0 Å². The van der Waals surface area contributed by atoms with Crippen LogP contribution in [0.3, 0.4) is 0 Å². The van der Waals surface area contributed by atoms with Crippen LogP contribution < -0.4 is 5.32 Å². The largest absolute Gasteiger partial charge is 0.300 e. The van der Waals surface area contributed by atoms with Gasteiger partial charge in [0.05, 0.1) is 5.54 Å². The number of rotatable bonds is 5. The van der Waals surface area contributed by atoms with E-state index in [-0.39, 0.29) is 5.54 Å². The van der Waals surface area contributed by atoms with E-state index in [1.165, 1.54) is 44.5 Å². The molecule has 0 aromatic heterocycles. The molecular formula is C25H27N. The molecule has 0 saturated carbocycles. The third-order valence-electron chi connectivity index (χ3n) is 5.93. The molecule has 1 atom stereocenters. The van der Waals surface area contributed by atoms with E-state index >= 15 is 0 Å². The van der Waals surface area contributed by atoms with Gasteiger partial charge in [0, 0.05) is 6.54 Å². The predicted molar refractivity (Wildman–Crippen MR) is 110 cm³/mol. The molecule has 26 heavy (non-hydrogen) atoms. The quantitative estimate of drug-likeness (QED) is 0.597. The molecule has 0 heterocycles. The Labute approximate surface area is 157 Å². The van der Waals surface area contributed by atoms with E-state index in [4.69, 9.17) is 0 Å². The summed E-state index contributed by atoms with van der Waals surface area (Å²) in [6.07, 6.45) is 1.08. The van der Waals surface area contributed by atoms with E-state index in [1.54, 1.807) is 0 Å². The second-order valence-corrected chi connectivity index (χ2v) is 7.58. The van der Waals surface area contributed by atoms with Gasteiger partial charge < -0.3 is 0 Å². The first-order chi connectivity index (χ1) is 12.6. The van der Waals surface area contributed by atoms with E-state index in [1.807, 2.05) is 0 Å². The molecule has 0 radical (unpaired) electrons. The lowest BCUT2D eigenvalue weighted by molar-refractivity contribution is 0.464. The lowest BCUT2D eigenvalue weighted by atomic mass is 10.00. The Morgan fingerprint density at radius 1 is 0.846 bits per heavy atom. The second-order valence-electron chi connectivity index (χ2n) is 7.58. The van der Waals surface area contributed by atoms with Gasteiger partial charge in [-0.2, -0.15) is 0 Å². The van der Waals surface area contributed by atoms with Gasteiger partial charge in [-0.15, -0.1) is 0 Å². The van der Waals surface area contributed by atoms with Crippen molar-refractivity contribution in [3.8, 4) is 11.1 Å². The highest BCUT2D eigenvalue weighted by Crippen LogP contribution is 2.57. The molecule has 1 aliphatic carbocycles. The van der Waals surface area contributed by atoms with Crippen LogP contribution in [0.4, 0.5) is 0 Å². The Morgan fingerprint density at radius 2 is 1.62 bits per heavy atom. The van der Waals surface area contributed by atoms with Crippen LogP contribution in [0.5, 0.6) is 0 Å². The third-order valence-corrected chi connectivity index (χ3v) is 5.93. The summed E-state index contributed by atoms with van der Waals surface area (Å²) in [6, 6.07) is 22.0. The predicted octanol–water partition coefficient (Wildman–Crippen LogP) is 6.04. The molecule has 0 amide bonds. The standard InChI is InChI=1S/C25H27N/c1-5-25(26-16-20-11-9-10-17(2)14-20)23-19(4)18(3)15-22(24(23)25)21-12-7-6-8-13-21/h6-15,26H,5,16H2,1-4H3. The van der Waals surface area contributed by atoms with Gasteiger partial charge >= 0.3 is 0 Å². The maximum atomic E-state index is 3.91. The minimum atomic E-state index is 0.0211. The van der Waals surface area contributed by atoms with Gasteiger partial charge in [0.2, 0.25) is 0 Å². The van der Waals surface area contributed by atoms with Gasteiger partial charge in [0.15, 0.2) is 0 Å². The van der Waals surface area contributed by atoms with E-state index in [2.05, 4.69) is 93.7 Å². The van der Waals surface area contributed by atoms with Crippen molar-refractivity contribution in [1.29, 1.82) is 0 Å². The number of nitrogens with one attached hydrogen (secondary N) is 1. The summed E-state index contributed by atoms with van der Waals surface area (Å²) in [6.45, 7) is 9.87. The molecule has 0 spiro atoms. The third kappa shape index (κ3) is 2.68. The van der Waals surface area contributed by atoms with Crippen LogP contribution in [0.15, 0.2) is 60.7 Å². The monoisotopic (exact) mass is 341 g/mol. The first-order valence-corrected chi connectivity index (χ1v) is 9.58. The Bertz CT molecular complexity index is 955. The van der Waals surface area contributed by atoms with Crippen molar-refractivity contribution in [2.24, 2.45) is 0 Å². The molecule has 0 fully saturated rings. The maximum Gasteiger partial charge on any atom is 0.0706 e. The van der Waals surface area contributed by atoms with Crippen molar-refractivity contribution in [3.05, 3.63) is 94.0 Å². The van der Waals surface area contributed by atoms with Crippen molar-refractivity contribution in [1.82, 2.24) is 5.32 Å². The highest BCUT2D eigenvalue weighted by Gasteiger charge is 2.52. The number of benzene rings is 3. The number of hydrogen-bond donors (Lipinski definition) is 1. The fraction of sp³-hybridized carbons (Fsp3) is 0.280. The van der Waals surface area contributed by atoms with Crippen LogP contribution in [0.2, 0.25) is 0 Å². The summed E-state index contributed by atoms with van der Waals surface area (Å²) < 4.78 is 0. The zero-order valence-electron chi connectivity index (χ0n) is 16.2. The summed E-state index contributed by atoms with van der Waals surface area (Å²) >= 11 is 0. The number of hydrogen-bond acceptors (Lipinski definition) is 1. The van der Waals surface area contributed by atoms with Crippen LogP contribution in [-0.2, 0) is 12.1 Å². The zero-order valence-corrected chi connectivity index (χ0v) is 16.2. The fourth-order valence-corrected chi connectivity index (χ4v) is 4.36. The average molecular weight is 341 g/mol. The van der Waals surface area contributed by atoms with Crippen molar-refractivity contribution >= 4 is 0 Å². The van der Waals surface area contributed by atoms with Gasteiger partial charge in [-0.05, 0) is 66.1 Å². The van der Waals surface area contributed by atoms with Crippen molar-refractivity contribution in [3.63, 3.8) is 0 Å². The molecule has 0 saturated heterocycles. The number of aryl methyl sites for hydroxylation is 2. The molecule has 1 unspecified atom stereocenters. The number of fused-ring (bicyclic) bond motifs is 1. The smallest absolute Gasteiger partial charge is 0.0706 e. The lowest BCUT2D eigenvalue weighted by Gasteiger charge is -2.18. The van der Waals surface area contributed by atoms with Crippen LogP contribution in [0.1, 0.15) is 46.7 Å². The minimum absolute atomic E-state index is 0.0211. The molecule has 132 valence electrons. The zero-order chi connectivity index (χ0) is 18.3. The molecule has 1 heteroatoms. The lowest BCUT2D eigenvalue weighted by Crippen LogP contribution is -2.29. The van der Waals surface area contributed by atoms with Crippen molar-refractivity contribution < 1.29 is 0 Å². The molecule has 1 N–H and O–H groups in total. The highest BCUT2D eigenvalue weighted by atomic mass is 15.0. The summed E-state index contributed by atoms with van der Waals surface area (Å²) in [5.41, 5.74) is 11.3. The van der Waals surface area contributed by atoms with Crippen LogP contribution >= 0.6 is 0 Å². The Hall–Kier alpha value is -2.38. The summed E-state index contributed by atoms with van der Waals surface area (Å²) in [4.78, 5) is 0. The molecule has 1 aliphatic rings. The molecule has 3 aromatic carbocycles. The van der Waals surface area contributed by atoms with Gasteiger partial charge in [-0.3, -0.25) is 5.32 Å².